The van der Waals surface area contributed by atoms with Gasteiger partial charge >= 0.3 is 6.03 Å². The number of aryl methyl sites for hydroxylation is 1. The Morgan fingerprint density at radius 1 is 1.11 bits per heavy atom. The SMILES string of the molecule is C[C@H](CCc1ccco1)NC(=O)N[C@@H](C)c1ccc(NC(=O)C2CC2)cc1. The van der Waals surface area contributed by atoms with E-state index in [1.165, 1.54) is 0 Å². The number of rotatable bonds is 8. The van der Waals surface area contributed by atoms with Gasteiger partial charge in [-0.15, -0.1) is 0 Å². The molecule has 0 radical (unpaired) electrons. The maximum atomic E-state index is 12.2. The predicted molar refractivity (Wildman–Crippen MR) is 104 cm³/mol. The van der Waals surface area contributed by atoms with Crippen LogP contribution in [-0.4, -0.2) is 18.0 Å². The van der Waals surface area contributed by atoms with Crippen LogP contribution < -0.4 is 16.0 Å². The molecule has 2 aromatic rings. The Hall–Kier alpha value is -2.76. The molecule has 3 N–H and O–H groups in total. The van der Waals surface area contributed by atoms with Crippen LogP contribution in [0.2, 0.25) is 0 Å². The van der Waals surface area contributed by atoms with E-state index in [1.807, 2.05) is 50.2 Å². The Morgan fingerprint density at radius 2 is 1.85 bits per heavy atom. The van der Waals surface area contributed by atoms with Crippen molar-refractivity contribution in [3.05, 3.63) is 54.0 Å². The van der Waals surface area contributed by atoms with Crippen LogP contribution in [0.3, 0.4) is 0 Å². The van der Waals surface area contributed by atoms with Crippen LogP contribution in [0.1, 0.15) is 50.5 Å². The highest BCUT2D eigenvalue weighted by Crippen LogP contribution is 2.30. The second kappa shape index (κ2) is 8.75. The third-order valence-corrected chi connectivity index (χ3v) is 4.76. The standard InChI is InChI=1S/C21H27N3O3/c1-14(5-12-19-4-3-13-27-19)22-21(26)23-15(2)16-8-10-18(11-9-16)24-20(25)17-6-7-17/h3-4,8-11,13-15,17H,5-7,12H2,1-2H3,(H,24,25)(H2,22,23,26)/t14-,15+/m1/s1. The van der Waals surface area contributed by atoms with Gasteiger partial charge in [-0.1, -0.05) is 12.1 Å². The van der Waals surface area contributed by atoms with Gasteiger partial charge in [0.05, 0.1) is 12.3 Å². The molecule has 1 saturated carbocycles. The second-order valence-electron chi connectivity index (χ2n) is 7.24. The minimum absolute atomic E-state index is 0.0438. The first-order valence-corrected chi connectivity index (χ1v) is 9.51. The maximum absolute atomic E-state index is 12.2. The van der Waals surface area contributed by atoms with Gasteiger partial charge in [0.25, 0.3) is 0 Å². The number of furan rings is 1. The summed E-state index contributed by atoms with van der Waals surface area (Å²) < 4.78 is 5.31. The average Bonchev–Trinajstić information content (AvgIpc) is 3.37. The van der Waals surface area contributed by atoms with Gasteiger partial charge in [0, 0.05) is 24.1 Å². The number of urea groups is 1. The predicted octanol–water partition coefficient (Wildman–Crippen LogP) is 4.01. The van der Waals surface area contributed by atoms with Gasteiger partial charge in [-0.3, -0.25) is 4.79 Å². The van der Waals surface area contributed by atoms with Gasteiger partial charge in [0.1, 0.15) is 5.76 Å². The molecule has 2 atom stereocenters. The summed E-state index contributed by atoms with van der Waals surface area (Å²) in [4.78, 5) is 24.0. The summed E-state index contributed by atoms with van der Waals surface area (Å²) in [6.45, 7) is 3.91. The number of carbonyl (C=O) groups is 2. The molecule has 1 aliphatic carbocycles. The van der Waals surface area contributed by atoms with Crippen molar-refractivity contribution >= 4 is 17.6 Å². The lowest BCUT2D eigenvalue weighted by Crippen LogP contribution is -2.41. The van der Waals surface area contributed by atoms with E-state index in [0.717, 1.165) is 42.7 Å². The van der Waals surface area contributed by atoms with Crippen LogP contribution in [0.15, 0.2) is 47.1 Å². The van der Waals surface area contributed by atoms with Crippen molar-refractivity contribution < 1.29 is 14.0 Å². The third-order valence-electron chi connectivity index (χ3n) is 4.76. The first kappa shape index (κ1) is 19.0. The summed E-state index contributed by atoms with van der Waals surface area (Å²) >= 11 is 0. The lowest BCUT2D eigenvalue weighted by Gasteiger charge is -2.18. The first-order chi connectivity index (χ1) is 13.0. The fourth-order valence-electron chi connectivity index (χ4n) is 2.88. The summed E-state index contributed by atoms with van der Waals surface area (Å²) in [6, 6.07) is 11.1. The van der Waals surface area contributed by atoms with Crippen molar-refractivity contribution in [2.24, 2.45) is 5.92 Å². The molecular weight excluding hydrogens is 342 g/mol. The Labute approximate surface area is 159 Å². The Bertz CT molecular complexity index is 751. The van der Waals surface area contributed by atoms with E-state index in [2.05, 4.69) is 16.0 Å². The van der Waals surface area contributed by atoms with Gasteiger partial charge in [-0.25, -0.2) is 4.79 Å². The molecular formula is C21H27N3O3. The first-order valence-electron chi connectivity index (χ1n) is 9.51. The van der Waals surface area contributed by atoms with Crippen molar-refractivity contribution in [1.29, 1.82) is 0 Å². The third kappa shape index (κ3) is 5.88. The van der Waals surface area contributed by atoms with Gasteiger partial charge in [0.2, 0.25) is 5.91 Å². The molecule has 0 spiro atoms. The van der Waals surface area contributed by atoms with E-state index < -0.39 is 0 Å². The smallest absolute Gasteiger partial charge is 0.315 e. The molecule has 1 aromatic heterocycles. The summed E-state index contributed by atoms with van der Waals surface area (Å²) in [5.41, 5.74) is 1.77. The van der Waals surface area contributed by atoms with Crippen LogP contribution in [0.5, 0.6) is 0 Å². The Balaban J connectivity index is 1.42. The van der Waals surface area contributed by atoms with E-state index in [-0.39, 0.29) is 29.9 Å². The molecule has 0 bridgehead atoms. The summed E-state index contributed by atoms with van der Waals surface area (Å²) in [5, 5.41) is 8.82. The molecule has 144 valence electrons. The fourth-order valence-corrected chi connectivity index (χ4v) is 2.88. The average molecular weight is 369 g/mol. The van der Waals surface area contributed by atoms with Crippen LogP contribution >= 0.6 is 0 Å². The van der Waals surface area contributed by atoms with Crippen LogP contribution in [0.4, 0.5) is 10.5 Å². The molecule has 6 nitrogen and oxygen atoms in total. The number of anilines is 1. The number of nitrogens with one attached hydrogen (secondary N) is 3. The molecule has 6 heteroatoms. The van der Waals surface area contributed by atoms with E-state index in [1.54, 1.807) is 6.26 Å². The number of amides is 3. The minimum atomic E-state index is -0.194. The number of hydrogen-bond donors (Lipinski definition) is 3. The van der Waals surface area contributed by atoms with Gasteiger partial charge in [-0.2, -0.15) is 0 Å². The quantitative estimate of drug-likeness (QED) is 0.657. The lowest BCUT2D eigenvalue weighted by atomic mass is 10.1. The van der Waals surface area contributed by atoms with E-state index in [4.69, 9.17) is 4.42 Å². The van der Waals surface area contributed by atoms with Crippen LogP contribution in [0.25, 0.3) is 0 Å². The van der Waals surface area contributed by atoms with Crippen LogP contribution in [-0.2, 0) is 11.2 Å². The summed E-state index contributed by atoms with van der Waals surface area (Å²) in [6.07, 6.45) is 5.23. The minimum Gasteiger partial charge on any atom is -0.469 e. The molecule has 1 aromatic carbocycles. The molecule has 27 heavy (non-hydrogen) atoms. The monoisotopic (exact) mass is 369 g/mol. The highest BCUT2D eigenvalue weighted by Gasteiger charge is 2.29. The molecule has 3 rings (SSSR count). The largest absolute Gasteiger partial charge is 0.469 e. The van der Waals surface area contributed by atoms with Crippen LogP contribution in [0, 0.1) is 5.92 Å². The zero-order chi connectivity index (χ0) is 19.2. The van der Waals surface area contributed by atoms with Gasteiger partial charge in [-0.05, 0) is 62.9 Å². The lowest BCUT2D eigenvalue weighted by molar-refractivity contribution is -0.117. The van der Waals surface area contributed by atoms with Crippen molar-refractivity contribution in [2.45, 2.75) is 51.6 Å². The molecule has 0 unspecified atom stereocenters. The molecule has 3 amide bonds. The van der Waals surface area contributed by atoms with E-state index in [0.29, 0.717) is 0 Å². The topological polar surface area (TPSA) is 83.4 Å². The summed E-state index contributed by atoms with van der Waals surface area (Å²) in [5.74, 6) is 1.20. The second-order valence-corrected chi connectivity index (χ2v) is 7.24. The Kier molecular flexibility index (Phi) is 6.16. The van der Waals surface area contributed by atoms with Crippen molar-refractivity contribution in [3.8, 4) is 0 Å². The number of hydrogen-bond acceptors (Lipinski definition) is 3. The van der Waals surface area contributed by atoms with Crippen molar-refractivity contribution in [1.82, 2.24) is 10.6 Å². The Morgan fingerprint density at radius 3 is 2.48 bits per heavy atom. The number of carbonyl (C=O) groups excluding carboxylic acids is 2. The normalized spacial score (nSPS) is 15.6. The van der Waals surface area contributed by atoms with Gasteiger partial charge in [0.15, 0.2) is 0 Å². The summed E-state index contributed by atoms with van der Waals surface area (Å²) in [7, 11) is 0. The molecule has 1 heterocycles. The molecule has 1 aliphatic rings. The van der Waals surface area contributed by atoms with Crippen molar-refractivity contribution in [2.75, 3.05) is 5.32 Å². The van der Waals surface area contributed by atoms with Gasteiger partial charge < -0.3 is 20.4 Å². The zero-order valence-electron chi connectivity index (χ0n) is 15.8. The highest BCUT2D eigenvalue weighted by atomic mass is 16.3. The molecule has 1 fully saturated rings. The fraction of sp³-hybridized carbons (Fsp3) is 0.429. The zero-order valence-corrected chi connectivity index (χ0v) is 15.8. The van der Waals surface area contributed by atoms with Crippen molar-refractivity contribution in [3.63, 3.8) is 0 Å². The number of benzene rings is 1. The highest BCUT2D eigenvalue weighted by molar-refractivity contribution is 5.94. The molecule has 0 saturated heterocycles. The van der Waals surface area contributed by atoms with E-state index >= 15 is 0 Å². The molecule has 0 aliphatic heterocycles. The maximum Gasteiger partial charge on any atom is 0.315 e. The van der Waals surface area contributed by atoms with E-state index in [9.17, 15) is 9.59 Å².